The van der Waals surface area contributed by atoms with Gasteiger partial charge in [-0.3, -0.25) is 14.4 Å². The second-order valence-electron chi connectivity index (χ2n) is 10.9. The average Bonchev–Trinajstić information content (AvgIpc) is 3.84. The van der Waals surface area contributed by atoms with Gasteiger partial charge in [-0.25, -0.2) is 0 Å². The topological polar surface area (TPSA) is 88.2 Å². The molecule has 3 aliphatic rings. The molecule has 3 amide bonds. The normalized spacial score (nSPS) is 20.2. The van der Waals surface area contributed by atoms with Crippen LogP contribution >= 0.6 is 11.6 Å². The number of hydrogen-bond acceptors (Lipinski definition) is 5. The second kappa shape index (κ2) is 11.4. The Balaban J connectivity index is 1.32. The molecule has 8 nitrogen and oxygen atoms in total. The Bertz CT molecular complexity index is 1460. The SMILES string of the molecule is COc1ccc(CN2C[C@@H]3CCN(C(=O)c4ccc(Cl)cc4)C[C@@H]3Oc3c(NC(=O)C4CC4)cccc3C2=O)cc1. The lowest BCUT2D eigenvalue weighted by atomic mass is 9.91. The summed E-state index contributed by atoms with van der Waals surface area (Å²) >= 11 is 6.03. The fourth-order valence-corrected chi connectivity index (χ4v) is 5.68. The number of fused-ring (bicyclic) bond motifs is 2. The highest BCUT2D eigenvalue weighted by molar-refractivity contribution is 6.30. The Morgan fingerprint density at radius 2 is 1.76 bits per heavy atom. The molecule has 2 fully saturated rings. The molecule has 3 aromatic carbocycles. The molecular weight excluding hydrogens is 542 g/mol. The fraction of sp³-hybridized carbons (Fsp3) is 0.344. The summed E-state index contributed by atoms with van der Waals surface area (Å²) in [6, 6.07) is 19.8. The summed E-state index contributed by atoms with van der Waals surface area (Å²) in [6.45, 7) is 1.80. The van der Waals surface area contributed by atoms with Gasteiger partial charge in [0.1, 0.15) is 11.9 Å². The van der Waals surface area contributed by atoms with E-state index in [1.807, 2.05) is 29.2 Å². The number of benzene rings is 3. The molecule has 212 valence electrons. The first-order chi connectivity index (χ1) is 19.9. The van der Waals surface area contributed by atoms with Gasteiger partial charge in [-0.05, 0) is 73.4 Å². The van der Waals surface area contributed by atoms with Gasteiger partial charge in [0.15, 0.2) is 5.75 Å². The van der Waals surface area contributed by atoms with Crippen LogP contribution in [0, 0.1) is 11.8 Å². The molecule has 2 heterocycles. The minimum atomic E-state index is -0.371. The zero-order valence-electron chi connectivity index (χ0n) is 22.8. The molecule has 1 saturated carbocycles. The minimum Gasteiger partial charge on any atom is -0.497 e. The van der Waals surface area contributed by atoms with Gasteiger partial charge in [-0.1, -0.05) is 29.8 Å². The molecule has 0 spiro atoms. The van der Waals surface area contributed by atoms with Crippen molar-refractivity contribution in [2.45, 2.75) is 31.9 Å². The number of carbonyl (C=O) groups is 3. The van der Waals surface area contributed by atoms with Crippen LogP contribution in [0.2, 0.25) is 5.02 Å². The van der Waals surface area contributed by atoms with Crippen molar-refractivity contribution in [3.63, 3.8) is 0 Å². The van der Waals surface area contributed by atoms with Crippen LogP contribution in [-0.2, 0) is 11.3 Å². The number of ether oxygens (including phenoxy) is 2. The van der Waals surface area contributed by atoms with Crippen molar-refractivity contribution in [3.8, 4) is 11.5 Å². The number of nitrogens with one attached hydrogen (secondary N) is 1. The van der Waals surface area contributed by atoms with E-state index in [9.17, 15) is 14.4 Å². The van der Waals surface area contributed by atoms with Crippen molar-refractivity contribution in [2.24, 2.45) is 11.8 Å². The zero-order valence-corrected chi connectivity index (χ0v) is 23.6. The van der Waals surface area contributed by atoms with Gasteiger partial charge in [-0.2, -0.15) is 0 Å². The molecule has 0 radical (unpaired) electrons. The van der Waals surface area contributed by atoms with E-state index < -0.39 is 0 Å². The number of para-hydroxylation sites is 1. The largest absolute Gasteiger partial charge is 0.497 e. The number of rotatable bonds is 6. The number of piperidine rings is 1. The summed E-state index contributed by atoms with van der Waals surface area (Å²) in [6.07, 6.45) is 2.03. The Morgan fingerprint density at radius 3 is 2.46 bits per heavy atom. The summed E-state index contributed by atoms with van der Waals surface area (Å²) in [7, 11) is 1.62. The summed E-state index contributed by atoms with van der Waals surface area (Å²) in [5.41, 5.74) is 2.42. The number of nitrogens with zero attached hydrogens (tertiary/aromatic N) is 2. The molecule has 2 aliphatic heterocycles. The molecule has 1 aliphatic carbocycles. The van der Waals surface area contributed by atoms with Crippen LogP contribution in [0.25, 0.3) is 0 Å². The van der Waals surface area contributed by atoms with E-state index in [1.54, 1.807) is 54.5 Å². The van der Waals surface area contributed by atoms with E-state index in [0.717, 1.165) is 24.2 Å². The highest BCUT2D eigenvalue weighted by Crippen LogP contribution is 2.38. The molecule has 6 rings (SSSR count). The molecule has 0 bridgehead atoms. The highest BCUT2D eigenvalue weighted by atomic mass is 35.5. The van der Waals surface area contributed by atoms with Gasteiger partial charge >= 0.3 is 0 Å². The molecule has 1 N–H and O–H groups in total. The summed E-state index contributed by atoms with van der Waals surface area (Å²) < 4.78 is 11.9. The first kappa shape index (κ1) is 27.1. The van der Waals surface area contributed by atoms with Crippen LogP contribution in [0.15, 0.2) is 66.7 Å². The first-order valence-corrected chi connectivity index (χ1v) is 14.3. The summed E-state index contributed by atoms with van der Waals surface area (Å²) in [4.78, 5) is 43.8. The van der Waals surface area contributed by atoms with Crippen LogP contribution in [0.3, 0.4) is 0 Å². The predicted molar refractivity (Wildman–Crippen MR) is 155 cm³/mol. The number of anilines is 1. The number of hydrogen-bond donors (Lipinski definition) is 1. The number of methoxy groups -OCH3 is 1. The number of halogens is 1. The second-order valence-corrected chi connectivity index (χ2v) is 11.4. The minimum absolute atomic E-state index is 0.00315. The van der Waals surface area contributed by atoms with E-state index in [-0.39, 0.29) is 35.7 Å². The van der Waals surface area contributed by atoms with E-state index >= 15 is 0 Å². The standard InChI is InChI=1S/C32H32ClN3O5/c1-40-25-13-5-20(6-14-25)17-36-18-23-15-16-35(31(38)22-9-11-24(33)12-10-22)19-28(23)41-29-26(32(36)39)3-2-4-27(29)34-30(37)21-7-8-21/h2-6,9-14,21,23,28H,7-8,15-19H2,1H3,(H,34,37)/t23-,28-/m0/s1. The zero-order chi connectivity index (χ0) is 28.5. The third-order valence-electron chi connectivity index (χ3n) is 8.07. The number of likely N-dealkylation sites (tertiary alicyclic amines) is 1. The monoisotopic (exact) mass is 573 g/mol. The van der Waals surface area contributed by atoms with Crippen LogP contribution in [-0.4, -0.2) is 60.4 Å². The summed E-state index contributed by atoms with van der Waals surface area (Å²) in [5.74, 6) is 0.792. The molecule has 9 heteroatoms. The molecular formula is C32H32ClN3O5. The van der Waals surface area contributed by atoms with Gasteiger partial charge in [0, 0.05) is 42.1 Å². The van der Waals surface area contributed by atoms with Gasteiger partial charge < -0.3 is 24.6 Å². The van der Waals surface area contributed by atoms with Gasteiger partial charge in [0.2, 0.25) is 5.91 Å². The third-order valence-corrected chi connectivity index (χ3v) is 8.32. The van der Waals surface area contributed by atoms with Crippen molar-refractivity contribution < 1.29 is 23.9 Å². The van der Waals surface area contributed by atoms with Crippen LogP contribution in [0.1, 0.15) is 45.5 Å². The Labute approximate surface area is 244 Å². The van der Waals surface area contributed by atoms with Crippen molar-refractivity contribution in [3.05, 3.63) is 88.4 Å². The Kier molecular flexibility index (Phi) is 7.58. The number of amides is 3. The molecule has 1 saturated heterocycles. The smallest absolute Gasteiger partial charge is 0.258 e. The van der Waals surface area contributed by atoms with Crippen LogP contribution in [0.4, 0.5) is 5.69 Å². The van der Waals surface area contributed by atoms with Crippen molar-refractivity contribution >= 4 is 35.0 Å². The van der Waals surface area contributed by atoms with Crippen LogP contribution < -0.4 is 14.8 Å². The predicted octanol–water partition coefficient (Wildman–Crippen LogP) is 5.26. The lowest BCUT2D eigenvalue weighted by Crippen LogP contribution is -2.53. The Hall–Kier alpha value is -4.04. The fourth-order valence-electron chi connectivity index (χ4n) is 5.55. The quantitative estimate of drug-likeness (QED) is 0.434. The number of carbonyl (C=O) groups excluding carboxylic acids is 3. The van der Waals surface area contributed by atoms with Crippen molar-refractivity contribution in [2.75, 3.05) is 32.1 Å². The van der Waals surface area contributed by atoms with E-state index in [0.29, 0.717) is 60.2 Å². The molecule has 0 unspecified atom stereocenters. The average molecular weight is 574 g/mol. The Morgan fingerprint density at radius 1 is 1.00 bits per heavy atom. The van der Waals surface area contributed by atoms with Gasteiger partial charge in [0.05, 0.1) is 24.9 Å². The van der Waals surface area contributed by atoms with E-state index in [4.69, 9.17) is 21.1 Å². The molecule has 3 aromatic rings. The van der Waals surface area contributed by atoms with Gasteiger partial charge in [0.25, 0.3) is 11.8 Å². The first-order valence-electron chi connectivity index (χ1n) is 14.0. The highest BCUT2D eigenvalue weighted by Gasteiger charge is 2.39. The van der Waals surface area contributed by atoms with Crippen LogP contribution in [0.5, 0.6) is 11.5 Å². The summed E-state index contributed by atoms with van der Waals surface area (Å²) in [5, 5.41) is 3.57. The molecule has 41 heavy (non-hydrogen) atoms. The van der Waals surface area contributed by atoms with Gasteiger partial charge in [-0.15, -0.1) is 0 Å². The third kappa shape index (κ3) is 5.88. The van der Waals surface area contributed by atoms with E-state index in [2.05, 4.69) is 5.32 Å². The molecule has 2 atom stereocenters. The lowest BCUT2D eigenvalue weighted by molar-refractivity contribution is -0.117. The maximum atomic E-state index is 14.0. The maximum absolute atomic E-state index is 14.0. The van der Waals surface area contributed by atoms with Crippen molar-refractivity contribution in [1.29, 1.82) is 0 Å². The lowest BCUT2D eigenvalue weighted by Gasteiger charge is -2.42. The van der Waals surface area contributed by atoms with E-state index in [1.165, 1.54) is 0 Å². The maximum Gasteiger partial charge on any atom is 0.258 e. The van der Waals surface area contributed by atoms with Crippen molar-refractivity contribution in [1.82, 2.24) is 9.80 Å². The molecule has 0 aromatic heterocycles.